The lowest BCUT2D eigenvalue weighted by molar-refractivity contribution is 0.373. The topological polar surface area (TPSA) is 0 Å². The molecule has 0 N–H and O–H groups in total. The van der Waals surface area contributed by atoms with Gasteiger partial charge in [-0.15, -0.1) is 0 Å². The van der Waals surface area contributed by atoms with E-state index >= 15 is 0 Å². The summed E-state index contributed by atoms with van der Waals surface area (Å²) in [5, 5.41) is 0. The molecule has 1 radical (unpaired) electrons. The molecule has 0 fully saturated rings. The predicted molar refractivity (Wildman–Crippen MR) is 103 cm³/mol. The first-order chi connectivity index (χ1) is 10.8. The van der Waals surface area contributed by atoms with Gasteiger partial charge in [0.1, 0.15) is 0 Å². The third-order valence-corrected chi connectivity index (χ3v) is 5.04. The maximum Gasteiger partial charge on any atom is -0.0414 e. The lowest BCUT2D eigenvalue weighted by Gasteiger charge is -2.16. The van der Waals surface area contributed by atoms with Gasteiger partial charge in [0.25, 0.3) is 0 Å². The Balaban J connectivity index is 3.53. The fourth-order valence-corrected chi connectivity index (χ4v) is 3.47. The van der Waals surface area contributed by atoms with Crippen molar-refractivity contribution in [2.24, 2.45) is 5.92 Å². The van der Waals surface area contributed by atoms with Gasteiger partial charge in [-0.3, -0.25) is 0 Å². The van der Waals surface area contributed by atoms with Crippen LogP contribution < -0.4 is 0 Å². The molecule has 0 aliphatic heterocycles. The maximum absolute atomic E-state index is 4.02. The van der Waals surface area contributed by atoms with E-state index in [-0.39, 0.29) is 0 Å². The average Bonchev–Trinajstić information content (AvgIpc) is 2.54. The molecule has 133 valence electrons. The molecule has 0 heteroatoms. The van der Waals surface area contributed by atoms with E-state index < -0.39 is 0 Å². The summed E-state index contributed by atoms with van der Waals surface area (Å²) >= 11 is 0. The molecule has 22 heavy (non-hydrogen) atoms. The Hall–Kier alpha value is 0. The molecular weight excluding hydrogens is 264 g/mol. The van der Waals surface area contributed by atoms with Crippen molar-refractivity contribution in [3.63, 3.8) is 0 Å². The molecule has 0 bridgehead atoms. The number of unbranched alkanes of at least 4 members (excludes halogenated alkanes) is 12. The Labute approximate surface area is 142 Å². The minimum atomic E-state index is 1.00. The first-order valence-electron chi connectivity index (χ1n) is 10.6. The molecule has 0 aromatic rings. The van der Waals surface area contributed by atoms with Gasteiger partial charge in [0.05, 0.1) is 0 Å². The highest BCUT2D eigenvalue weighted by Gasteiger charge is 2.08. The van der Waals surface area contributed by atoms with Crippen molar-refractivity contribution in [3.05, 3.63) is 6.92 Å². The second kappa shape index (κ2) is 19.0. The number of hydrogen-bond donors (Lipinski definition) is 0. The lowest BCUT2D eigenvalue weighted by Crippen LogP contribution is -2.01. The zero-order valence-corrected chi connectivity index (χ0v) is 16.0. The molecule has 0 heterocycles. The lowest BCUT2D eigenvalue weighted by atomic mass is 9.90. The van der Waals surface area contributed by atoms with E-state index in [9.17, 15) is 0 Å². The molecule has 0 aromatic heterocycles. The van der Waals surface area contributed by atoms with Gasteiger partial charge in [-0.05, 0) is 5.92 Å². The van der Waals surface area contributed by atoms with Gasteiger partial charge < -0.3 is 0 Å². The van der Waals surface area contributed by atoms with Gasteiger partial charge in [0.15, 0.2) is 0 Å². The Morgan fingerprint density at radius 2 is 0.864 bits per heavy atom. The van der Waals surface area contributed by atoms with Gasteiger partial charge in [0, 0.05) is 0 Å². The fraction of sp³-hybridized carbons (Fsp3) is 0.955. The molecule has 0 saturated heterocycles. The van der Waals surface area contributed by atoms with Gasteiger partial charge >= 0.3 is 0 Å². The molecule has 0 amide bonds. The first-order valence-corrected chi connectivity index (χ1v) is 10.6. The quantitative estimate of drug-likeness (QED) is 0.223. The molecular formula is C22H45. The molecule has 0 aliphatic carbocycles. The molecule has 0 nitrogen and oxygen atoms in total. The van der Waals surface area contributed by atoms with Crippen LogP contribution in [0.3, 0.4) is 0 Å². The van der Waals surface area contributed by atoms with Crippen molar-refractivity contribution < 1.29 is 0 Å². The van der Waals surface area contributed by atoms with Gasteiger partial charge in [0.2, 0.25) is 0 Å². The molecule has 0 aliphatic rings. The smallest absolute Gasteiger partial charge is 0.0414 e. The number of rotatable bonds is 18. The normalized spacial score (nSPS) is 12.7. The van der Waals surface area contributed by atoms with Crippen molar-refractivity contribution in [1.82, 2.24) is 0 Å². The minimum Gasteiger partial charge on any atom is -0.0654 e. The van der Waals surface area contributed by atoms with E-state index in [1.54, 1.807) is 0 Å². The van der Waals surface area contributed by atoms with Gasteiger partial charge in [-0.1, -0.05) is 136 Å². The van der Waals surface area contributed by atoms with E-state index in [0.29, 0.717) is 0 Å². The summed E-state index contributed by atoms with van der Waals surface area (Å²) in [6.07, 6.45) is 25.7. The second-order valence-corrected chi connectivity index (χ2v) is 7.33. The summed E-state index contributed by atoms with van der Waals surface area (Å²) in [6, 6.07) is 0. The Morgan fingerprint density at radius 1 is 0.500 bits per heavy atom. The summed E-state index contributed by atoms with van der Waals surface area (Å²) in [6.45, 7) is 8.63. The van der Waals surface area contributed by atoms with Crippen LogP contribution in [0.4, 0.5) is 0 Å². The minimum absolute atomic E-state index is 1.00. The van der Waals surface area contributed by atoms with Crippen LogP contribution in [0.5, 0.6) is 0 Å². The molecule has 1 atom stereocenters. The highest BCUT2D eigenvalue weighted by atomic mass is 14.1. The molecule has 0 rings (SSSR count). The zero-order chi connectivity index (χ0) is 16.3. The third kappa shape index (κ3) is 16.4. The van der Waals surface area contributed by atoms with Crippen molar-refractivity contribution in [2.75, 3.05) is 0 Å². The van der Waals surface area contributed by atoms with Crippen LogP contribution in [0.1, 0.15) is 129 Å². The molecule has 0 aromatic carbocycles. The van der Waals surface area contributed by atoms with E-state index in [1.165, 1.54) is 109 Å². The van der Waals surface area contributed by atoms with Gasteiger partial charge in [-0.25, -0.2) is 0 Å². The third-order valence-electron chi connectivity index (χ3n) is 5.04. The van der Waals surface area contributed by atoms with Crippen LogP contribution in [0.25, 0.3) is 0 Å². The molecule has 0 saturated carbocycles. The molecule has 1 unspecified atom stereocenters. The van der Waals surface area contributed by atoms with Crippen LogP contribution in [-0.4, -0.2) is 0 Å². The van der Waals surface area contributed by atoms with Crippen molar-refractivity contribution in [3.8, 4) is 0 Å². The highest BCUT2D eigenvalue weighted by Crippen LogP contribution is 2.23. The maximum atomic E-state index is 4.02. The summed E-state index contributed by atoms with van der Waals surface area (Å²) in [7, 11) is 0. The Morgan fingerprint density at radius 3 is 1.27 bits per heavy atom. The largest absolute Gasteiger partial charge is 0.0654 e. The monoisotopic (exact) mass is 309 g/mol. The summed E-state index contributed by atoms with van der Waals surface area (Å²) in [5.74, 6) is 1.00. The second-order valence-electron chi connectivity index (χ2n) is 7.33. The van der Waals surface area contributed by atoms with E-state index in [0.717, 1.165) is 12.3 Å². The fourth-order valence-electron chi connectivity index (χ4n) is 3.47. The van der Waals surface area contributed by atoms with Crippen LogP contribution >= 0.6 is 0 Å². The van der Waals surface area contributed by atoms with Gasteiger partial charge in [-0.2, -0.15) is 0 Å². The van der Waals surface area contributed by atoms with E-state index in [4.69, 9.17) is 0 Å². The highest BCUT2D eigenvalue weighted by molar-refractivity contribution is 4.62. The molecule has 0 spiro atoms. The first kappa shape index (κ1) is 22.0. The van der Waals surface area contributed by atoms with Crippen LogP contribution in [0, 0.1) is 12.8 Å². The summed E-state index contributed by atoms with van der Waals surface area (Å²) in [4.78, 5) is 0. The standard InChI is InChI=1S/C22H45/c1-4-7-10-12-13-14-16-18-21-22(19-9-6-3)20-17-15-11-8-5-2/h22H,3-21H2,1-2H3. The Bertz CT molecular complexity index is 184. The summed E-state index contributed by atoms with van der Waals surface area (Å²) in [5.41, 5.74) is 0. The van der Waals surface area contributed by atoms with Crippen molar-refractivity contribution in [1.29, 1.82) is 0 Å². The zero-order valence-electron chi connectivity index (χ0n) is 16.0. The SMILES string of the molecule is [CH2]CCCC(CCCCCCC)CCCCCCCCCC. The van der Waals surface area contributed by atoms with E-state index in [1.807, 2.05) is 0 Å². The van der Waals surface area contributed by atoms with Crippen LogP contribution in [0.2, 0.25) is 0 Å². The van der Waals surface area contributed by atoms with Crippen molar-refractivity contribution in [2.45, 2.75) is 129 Å². The summed E-state index contributed by atoms with van der Waals surface area (Å²) < 4.78 is 0. The number of hydrogen-bond acceptors (Lipinski definition) is 0. The van der Waals surface area contributed by atoms with Crippen LogP contribution in [-0.2, 0) is 0 Å². The Kier molecular flexibility index (Phi) is 19.0. The van der Waals surface area contributed by atoms with Crippen molar-refractivity contribution >= 4 is 0 Å². The van der Waals surface area contributed by atoms with E-state index in [2.05, 4.69) is 20.8 Å². The van der Waals surface area contributed by atoms with Crippen LogP contribution in [0.15, 0.2) is 0 Å². The average molecular weight is 310 g/mol. The predicted octanol–water partition coefficient (Wildman–Crippen LogP) is 8.50.